The van der Waals surface area contributed by atoms with E-state index in [9.17, 15) is 4.39 Å². The Morgan fingerprint density at radius 2 is 2.13 bits per heavy atom. The van der Waals surface area contributed by atoms with Crippen LogP contribution in [0.4, 0.5) is 4.39 Å². The molecule has 0 amide bonds. The predicted molar refractivity (Wildman–Crippen MR) is 59.1 cm³/mol. The lowest BCUT2D eigenvalue weighted by molar-refractivity contribution is 0.275. The molecule has 2 nitrogen and oxygen atoms in total. The van der Waals surface area contributed by atoms with Gasteiger partial charge in [0.25, 0.3) is 0 Å². The van der Waals surface area contributed by atoms with Crippen LogP contribution in [0.1, 0.15) is 25.8 Å². The molecule has 0 fully saturated rings. The van der Waals surface area contributed by atoms with Crippen LogP contribution in [0.2, 0.25) is 0 Å². The Morgan fingerprint density at radius 3 is 2.73 bits per heavy atom. The third kappa shape index (κ3) is 3.61. The lowest BCUT2D eigenvalue weighted by atomic mass is 9.94. The summed E-state index contributed by atoms with van der Waals surface area (Å²) in [6.07, 6.45) is 0.707. The van der Waals surface area contributed by atoms with E-state index in [2.05, 4.69) is 5.32 Å². The fraction of sp³-hybridized carbons (Fsp3) is 0.500. The SMILES string of the molecule is CC(C)(NCCCO)c1cccc(F)c1. The van der Waals surface area contributed by atoms with Crippen molar-refractivity contribution in [3.05, 3.63) is 35.6 Å². The van der Waals surface area contributed by atoms with E-state index in [0.29, 0.717) is 6.42 Å². The number of aliphatic hydroxyl groups is 1. The van der Waals surface area contributed by atoms with Crippen LogP contribution >= 0.6 is 0 Å². The molecule has 1 rings (SSSR count). The number of halogens is 1. The second kappa shape index (κ2) is 5.24. The van der Waals surface area contributed by atoms with Gasteiger partial charge in [0.1, 0.15) is 5.82 Å². The van der Waals surface area contributed by atoms with Crippen LogP contribution in [0, 0.1) is 5.82 Å². The average molecular weight is 211 g/mol. The van der Waals surface area contributed by atoms with Gasteiger partial charge in [-0.05, 0) is 44.5 Å². The molecule has 1 aromatic rings. The molecule has 0 radical (unpaired) electrons. The molecule has 15 heavy (non-hydrogen) atoms. The second-order valence-corrected chi connectivity index (χ2v) is 4.14. The van der Waals surface area contributed by atoms with Gasteiger partial charge in [0.05, 0.1) is 0 Å². The van der Waals surface area contributed by atoms with Crippen LogP contribution in [-0.4, -0.2) is 18.3 Å². The number of benzene rings is 1. The molecule has 0 saturated heterocycles. The lowest BCUT2D eigenvalue weighted by Gasteiger charge is -2.27. The molecule has 0 aliphatic heterocycles. The zero-order valence-corrected chi connectivity index (χ0v) is 9.26. The van der Waals surface area contributed by atoms with Gasteiger partial charge in [0.2, 0.25) is 0 Å². The summed E-state index contributed by atoms with van der Waals surface area (Å²) in [6, 6.07) is 6.58. The molecular weight excluding hydrogens is 193 g/mol. The van der Waals surface area contributed by atoms with E-state index in [1.807, 2.05) is 19.9 Å². The van der Waals surface area contributed by atoms with Gasteiger partial charge in [-0.2, -0.15) is 0 Å². The van der Waals surface area contributed by atoms with Crippen LogP contribution in [0.3, 0.4) is 0 Å². The monoisotopic (exact) mass is 211 g/mol. The molecule has 2 N–H and O–H groups in total. The minimum atomic E-state index is -0.267. The molecule has 84 valence electrons. The Labute approximate surface area is 90.1 Å². The van der Waals surface area contributed by atoms with Gasteiger partial charge >= 0.3 is 0 Å². The zero-order valence-electron chi connectivity index (χ0n) is 9.26. The normalized spacial score (nSPS) is 11.7. The van der Waals surface area contributed by atoms with E-state index >= 15 is 0 Å². The van der Waals surface area contributed by atoms with Crippen LogP contribution in [-0.2, 0) is 5.54 Å². The summed E-state index contributed by atoms with van der Waals surface area (Å²) >= 11 is 0. The van der Waals surface area contributed by atoms with Crippen LogP contribution in [0.25, 0.3) is 0 Å². The Morgan fingerprint density at radius 1 is 1.40 bits per heavy atom. The Hall–Kier alpha value is -0.930. The Kier molecular flexibility index (Phi) is 4.24. The van der Waals surface area contributed by atoms with E-state index in [0.717, 1.165) is 12.1 Å². The third-order valence-electron chi connectivity index (χ3n) is 2.45. The molecule has 0 heterocycles. The molecule has 0 unspecified atom stereocenters. The molecule has 0 spiro atoms. The predicted octanol–water partition coefficient (Wildman–Crippen LogP) is 2.03. The van der Waals surface area contributed by atoms with Crippen LogP contribution in [0.15, 0.2) is 24.3 Å². The van der Waals surface area contributed by atoms with Crippen molar-refractivity contribution in [3.8, 4) is 0 Å². The average Bonchev–Trinajstić information content (AvgIpc) is 2.18. The number of hydrogen-bond acceptors (Lipinski definition) is 2. The smallest absolute Gasteiger partial charge is 0.123 e. The van der Waals surface area contributed by atoms with Crippen molar-refractivity contribution in [2.75, 3.05) is 13.2 Å². The molecule has 0 aliphatic carbocycles. The number of hydrogen-bond donors (Lipinski definition) is 2. The van der Waals surface area contributed by atoms with Gasteiger partial charge in [-0.25, -0.2) is 4.39 Å². The lowest BCUT2D eigenvalue weighted by Crippen LogP contribution is -2.37. The van der Waals surface area contributed by atoms with Crippen molar-refractivity contribution in [1.29, 1.82) is 0 Å². The maximum atomic E-state index is 13.0. The first kappa shape index (κ1) is 12.1. The molecule has 0 bridgehead atoms. The minimum Gasteiger partial charge on any atom is -0.396 e. The van der Waals surface area contributed by atoms with Crippen molar-refractivity contribution in [1.82, 2.24) is 5.32 Å². The zero-order chi connectivity index (χ0) is 11.3. The van der Waals surface area contributed by atoms with Gasteiger partial charge < -0.3 is 10.4 Å². The molecular formula is C12H18FNO. The van der Waals surface area contributed by atoms with E-state index in [1.54, 1.807) is 6.07 Å². The first-order valence-corrected chi connectivity index (χ1v) is 5.18. The standard InChI is InChI=1S/C12H18FNO/c1-12(2,14-7-4-8-15)10-5-3-6-11(13)9-10/h3,5-6,9,14-15H,4,7-8H2,1-2H3. The topological polar surface area (TPSA) is 32.3 Å². The summed E-state index contributed by atoms with van der Waals surface area (Å²) in [7, 11) is 0. The highest BCUT2D eigenvalue weighted by atomic mass is 19.1. The van der Waals surface area contributed by atoms with Gasteiger partial charge in [0.15, 0.2) is 0 Å². The van der Waals surface area contributed by atoms with E-state index in [4.69, 9.17) is 5.11 Å². The van der Waals surface area contributed by atoms with Gasteiger partial charge in [0, 0.05) is 12.1 Å². The van der Waals surface area contributed by atoms with Crippen molar-refractivity contribution in [3.63, 3.8) is 0 Å². The Balaban J connectivity index is 2.67. The Bertz CT molecular complexity index is 312. The van der Waals surface area contributed by atoms with E-state index in [1.165, 1.54) is 12.1 Å². The van der Waals surface area contributed by atoms with Gasteiger partial charge in [-0.3, -0.25) is 0 Å². The van der Waals surface area contributed by atoms with Crippen molar-refractivity contribution in [2.45, 2.75) is 25.8 Å². The second-order valence-electron chi connectivity index (χ2n) is 4.14. The van der Waals surface area contributed by atoms with Crippen LogP contribution in [0.5, 0.6) is 0 Å². The molecule has 0 atom stereocenters. The van der Waals surface area contributed by atoms with E-state index < -0.39 is 0 Å². The highest BCUT2D eigenvalue weighted by Crippen LogP contribution is 2.20. The molecule has 0 aromatic heterocycles. The van der Waals surface area contributed by atoms with Gasteiger partial charge in [-0.1, -0.05) is 12.1 Å². The molecule has 3 heteroatoms. The van der Waals surface area contributed by atoms with Crippen molar-refractivity contribution in [2.24, 2.45) is 0 Å². The summed E-state index contributed by atoms with van der Waals surface area (Å²) in [5.41, 5.74) is 0.650. The summed E-state index contributed by atoms with van der Waals surface area (Å²) in [4.78, 5) is 0. The third-order valence-corrected chi connectivity index (χ3v) is 2.45. The molecule has 0 aliphatic rings. The largest absolute Gasteiger partial charge is 0.396 e. The number of rotatable bonds is 5. The van der Waals surface area contributed by atoms with E-state index in [-0.39, 0.29) is 18.0 Å². The number of nitrogens with one attached hydrogen (secondary N) is 1. The highest BCUT2D eigenvalue weighted by molar-refractivity contribution is 5.23. The first-order chi connectivity index (χ1) is 7.06. The quantitative estimate of drug-likeness (QED) is 0.730. The minimum absolute atomic E-state index is 0.173. The maximum absolute atomic E-state index is 13.0. The fourth-order valence-corrected chi connectivity index (χ4v) is 1.46. The first-order valence-electron chi connectivity index (χ1n) is 5.18. The fourth-order valence-electron chi connectivity index (χ4n) is 1.46. The summed E-state index contributed by atoms with van der Waals surface area (Å²) in [5.74, 6) is -0.218. The van der Waals surface area contributed by atoms with Crippen molar-refractivity contribution < 1.29 is 9.50 Å². The highest BCUT2D eigenvalue weighted by Gasteiger charge is 2.19. The van der Waals surface area contributed by atoms with Gasteiger partial charge in [-0.15, -0.1) is 0 Å². The van der Waals surface area contributed by atoms with Crippen LogP contribution < -0.4 is 5.32 Å². The molecule has 0 saturated carbocycles. The number of aliphatic hydroxyl groups excluding tert-OH is 1. The summed E-state index contributed by atoms with van der Waals surface area (Å²) in [5, 5.41) is 12.0. The summed E-state index contributed by atoms with van der Waals surface area (Å²) in [6.45, 7) is 4.89. The van der Waals surface area contributed by atoms with Crippen molar-refractivity contribution >= 4 is 0 Å². The molecule has 1 aromatic carbocycles. The maximum Gasteiger partial charge on any atom is 0.123 e. The summed E-state index contributed by atoms with van der Waals surface area (Å²) < 4.78 is 13.0.